The molecule has 0 radical (unpaired) electrons. The summed E-state index contributed by atoms with van der Waals surface area (Å²) in [7, 11) is 0. The maximum Gasteiger partial charge on any atom is 0.387 e. The van der Waals surface area contributed by atoms with Gasteiger partial charge in [0.2, 0.25) is 0 Å². The van der Waals surface area contributed by atoms with Gasteiger partial charge < -0.3 is 15.0 Å². The van der Waals surface area contributed by atoms with Crippen LogP contribution in [0.25, 0.3) is 0 Å². The molecular formula is C14H20F2N2O. The van der Waals surface area contributed by atoms with E-state index in [0.29, 0.717) is 12.1 Å². The van der Waals surface area contributed by atoms with Gasteiger partial charge in [-0.1, -0.05) is 0 Å². The Balaban J connectivity index is 2.15. The van der Waals surface area contributed by atoms with Gasteiger partial charge in [0.1, 0.15) is 5.75 Å². The number of ether oxygens (including phenoxy) is 1. The summed E-state index contributed by atoms with van der Waals surface area (Å²) in [6.07, 6.45) is 0. The molecule has 2 atom stereocenters. The topological polar surface area (TPSA) is 24.5 Å². The van der Waals surface area contributed by atoms with Crippen molar-refractivity contribution in [2.45, 2.75) is 39.5 Å². The summed E-state index contributed by atoms with van der Waals surface area (Å²) >= 11 is 0. The second kappa shape index (κ2) is 5.74. The zero-order chi connectivity index (χ0) is 14.0. The van der Waals surface area contributed by atoms with E-state index in [4.69, 9.17) is 0 Å². The van der Waals surface area contributed by atoms with Crippen LogP contribution in [0.4, 0.5) is 14.5 Å². The summed E-state index contributed by atoms with van der Waals surface area (Å²) in [5.74, 6) is 0.245. The number of piperazine rings is 1. The Labute approximate surface area is 112 Å². The first-order valence-electron chi connectivity index (χ1n) is 6.52. The van der Waals surface area contributed by atoms with E-state index in [1.807, 2.05) is 12.1 Å². The summed E-state index contributed by atoms with van der Waals surface area (Å²) in [5, 5.41) is 3.47. The fourth-order valence-corrected chi connectivity index (χ4v) is 2.60. The zero-order valence-corrected chi connectivity index (χ0v) is 11.5. The fourth-order valence-electron chi connectivity index (χ4n) is 2.60. The zero-order valence-electron chi connectivity index (χ0n) is 11.5. The third-order valence-corrected chi connectivity index (χ3v) is 3.30. The van der Waals surface area contributed by atoms with E-state index in [1.165, 1.54) is 0 Å². The second-order valence-corrected chi connectivity index (χ2v) is 5.20. The van der Waals surface area contributed by atoms with E-state index in [-0.39, 0.29) is 5.75 Å². The van der Waals surface area contributed by atoms with Crippen LogP contribution >= 0.6 is 0 Å². The number of aryl methyl sites for hydroxylation is 1. The van der Waals surface area contributed by atoms with Gasteiger partial charge in [0.25, 0.3) is 0 Å². The number of nitrogens with one attached hydrogen (secondary N) is 1. The molecule has 3 nitrogen and oxygen atoms in total. The minimum atomic E-state index is -2.77. The van der Waals surface area contributed by atoms with Crippen LogP contribution in [0.2, 0.25) is 0 Å². The van der Waals surface area contributed by atoms with Crippen LogP contribution < -0.4 is 15.0 Å². The Kier molecular flexibility index (Phi) is 4.24. The van der Waals surface area contributed by atoms with Gasteiger partial charge in [0, 0.05) is 30.9 Å². The van der Waals surface area contributed by atoms with Crippen LogP contribution in [-0.2, 0) is 0 Å². The van der Waals surface area contributed by atoms with Crippen molar-refractivity contribution in [1.29, 1.82) is 0 Å². The highest BCUT2D eigenvalue weighted by Gasteiger charge is 2.21. The molecule has 1 fully saturated rings. The molecule has 106 valence electrons. The molecule has 0 spiro atoms. The van der Waals surface area contributed by atoms with E-state index >= 15 is 0 Å². The van der Waals surface area contributed by atoms with Crippen LogP contribution in [0.1, 0.15) is 19.4 Å². The highest BCUT2D eigenvalue weighted by Crippen LogP contribution is 2.26. The lowest BCUT2D eigenvalue weighted by Crippen LogP contribution is -2.54. The maximum atomic E-state index is 12.2. The minimum Gasteiger partial charge on any atom is -0.435 e. The molecular weight excluding hydrogens is 250 g/mol. The first kappa shape index (κ1) is 14.1. The Bertz CT molecular complexity index is 429. The van der Waals surface area contributed by atoms with E-state index in [2.05, 4.69) is 28.8 Å². The molecule has 1 heterocycles. The molecule has 0 aliphatic carbocycles. The average molecular weight is 270 g/mol. The van der Waals surface area contributed by atoms with Crippen molar-refractivity contribution in [3.63, 3.8) is 0 Å². The van der Waals surface area contributed by atoms with Crippen molar-refractivity contribution in [2.75, 3.05) is 18.0 Å². The minimum absolute atomic E-state index is 0.245. The predicted octanol–water partition coefficient (Wildman–Crippen LogP) is 2.78. The van der Waals surface area contributed by atoms with Gasteiger partial charge in [-0.2, -0.15) is 8.78 Å². The first-order chi connectivity index (χ1) is 8.95. The van der Waals surface area contributed by atoms with Gasteiger partial charge in [0.05, 0.1) is 0 Å². The normalized spacial score (nSPS) is 23.8. The number of halogens is 2. The van der Waals surface area contributed by atoms with E-state index in [1.54, 1.807) is 13.0 Å². The Morgan fingerprint density at radius 3 is 2.42 bits per heavy atom. The third-order valence-electron chi connectivity index (χ3n) is 3.30. The summed E-state index contributed by atoms with van der Waals surface area (Å²) in [6.45, 7) is 5.13. The first-order valence-corrected chi connectivity index (χ1v) is 6.52. The lowest BCUT2D eigenvalue weighted by molar-refractivity contribution is -0.0502. The van der Waals surface area contributed by atoms with Gasteiger partial charge >= 0.3 is 6.61 Å². The number of anilines is 1. The molecule has 0 amide bonds. The molecule has 1 aromatic rings. The van der Waals surface area contributed by atoms with Gasteiger partial charge in [-0.25, -0.2) is 0 Å². The number of hydrogen-bond donors (Lipinski definition) is 1. The van der Waals surface area contributed by atoms with E-state index in [9.17, 15) is 8.78 Å². The number of benzene rings is 1. The van der Waals surface area contributed by atoms with E-state index in [0.717, 1.165) is 24.3 Å². The van der Waals surface area contributed by atoms with Gasteiger partial charge in [0.15, 0.2) is 0 Å². The summed E-state index contributed by atoms with van der Waals surface area (Å²) in [5.41, 5.74) is 1.79. The molecule has 1 N–H and O–H groups in total. The summed E-state index contributed by atoms with van der Waals surface area (Å²) < 4.78 is 28.9. The number of nitrogens with zero attached hydrogens (tertiary/aromatic N) is 1. The molecule has 0 aromatic heterocycles. The van der Waals surface area contributed by atoms with Crippen LogP contribution in [0, 0.1) is 6.92 Å². The van der Waals surface area contributed by atoms with Crippen molar-refractivity contribution in [2.24, 2.45) is 0 Å². The number of hydrogen-bond acceptors (Lipinski definition) is 3. The molecule has 1 saturated heterocycles. The highest BCUT2D eigenvalue weighted by atomic mass is 19.3. The van der Waals surface area contributed by atoms with Crippen LogP contribution in [0.3, 0.4) is 0 Å². The van der Waals surface area contributed by atoms with Crippen LogP contribution in [0.15, 0.2) is 18.2 Å². The predicted molar refractivity (Wildman–Crippen MR) is 72.1 cm³/mol. The molecule has 0 bridgehead atoms. The molecule has 1 aliphatic rings. The Morgan fingerprint density at radius 2 is 1.89 bits per heavy atom. The number of rotatable bonds is 3. The van der Waals surface area contributed by atoms with Crippen molar-refractivity contribution in [1.82, 2.24) is 5.32 Å². The third kappa shape index (κ3) is 3.56. The van der Waals surface area contributed by atoms with Crippen LogP contribution in [-0.4, -0.2) is 31.8 Å². The largest absolute Gasteiger partial charge is 0.435 e. The molecule has 1 aromatic carbocycles. The summed E-state index contributed by atoms with van der Waals surface area (Å²) in [4.78, 5) is 2.27. The second-order valence-electron chi connectivity index (χ2n) is 5.20. The van der Waals surface area contributed by atoms with Crippen molar-refractivity contribution >= 4 is 5.69 Å². The molecule has 19 heavy (non-hydrogen) atoms. The molecule has 5 heteroatoms. The standard InChI is InChI=1S/C14H20F2N2O/c1-9-6-12(4-5-13(9)19-14(15)16)18-7-10(2)17-11(3)8-18/h4-6,10-11,14,17H,7-8H2,1-3H3/t10-,11+. The van der Waals surface area contributed by atoms with Gasteiger partial charge in [-0.15, -0.1) is 0 Å². The van der Waals surface area contributed by atoms with Gasteiger partial charge in [-0.3, -0.25) is 0 Å². The lowest BCUT2D eigenvalue weighted by Gasteiger charge is -2.37. The molecule has 2 rings (SSSR count). The van der Waals surface area contributed by atoms with Gasteiger partial charge in [-0.05, 0) is 44.5 Å². The van der Waals surface area contributed by atoms with Crippen molar-refractivity contribution in [3.8, 4) is 5.75 Å². The Hall–Kier alpha value is -1.36. The molecule has 0 saturated carbocycles. The molecule has 1 aliphatic heterocycles. The lowest BCUT2D eigenvalue weighted by atomic mass is 10.1. The highest BCUT2D eigenvalue weighted by molar-refractivity contribution is 5.53. The average Bonchev–Trinajstić information content (AvgIpc) is 2.30. The SMILES string of the molecule is Cc1cc(N2C[C@@H](C)N[C@@H](C)C2)ccc1OC(F)F. The smallest absolute Gasteiger partial charge is 0.387 e. The Morgan fingerprint density at radius 1 is 1.26 bits per heavy atom. The van der Waals surface area contributed by atoms with Crippen LogP contribution in [0.5, 0.6) is 5.75 Å². The molecule has 0 unspecified atom stereocenters. The quantitative estimate of drug-likeness (QED) is 0.914. The van der Waals surface area contributed by atoms with Crippen molar-refractivity contribution in [3.05, 3.63) is 23.8 Å². The summed E-state index contributed by atoms with van der Waals surface area (Å²) in [6, 6.07) is 6.20. The van der Waals surface area contributed by atoms with E-state index < -0.39 is 6.61 Å². The monoisotopic (exact) mass is 270 g/mol. The number of alkyl halides is 2. The van der Waals surface area contributed by atoms with Crippen molar-refractivity contribution < 1.29 is 13.5 Å². The fraction of sp³-hybridized carbons (Fsp3) is 0.571. The maximum absolute atomic E-state index is 12.2.